The molecular formula is C32H28Si. The minimum atomic E-state index is -1.98. The van der Waals surface area contributed by atoms with Crippen LogP contribution in [0.2, 0.25) is 13.1 Å². The summed E-state index contributed by atoms with van der Waals surface area (Å²) in [4.78, 5) is 0. The van der Waals surface area contributed by atoms with Gasteiger partial charge in [0.1, 0.15) is 8.07 Å². The van der Waals surface area contributed by atoms with E-state index in [1.165, 1.54) is 44.5 Å². The lowest BCUT2D eigenvalue weighted by Crippen LogP contribution is -2.55. The highest BCUT2D eigenvalue weighted by Crippen LogP contribution is 2.31. The normalized spacial score (nSPS) is 13.9. The first-order valence-corrected chi connectivity index (χ1v) is 14.9. The van der Waals surface area contributed by atoms with Crippen LogP contribution < -0.4 is 10.4 Å². The predicted molar refractivity (Wildman–Crippen MR) is 146 cm³/mol. The Morgan fingerprint density at radius 3 is 1.36 bits per heavy atom. The maximum Gasteiger partial charge on any atom is 0.113 e. The van der Waals surface area contributed by atoms with Crippen LogP contribution in [0.15, 0.2) is 97.1 Å². The van der Waals surface area contributed by atoms with Crippen LogP contribution in [0.3, 0.4) is 0 Å². The zero-order valence-corrected chi connectivity index (χ0v) is 20.3. The molecule has 0 N–H and O–H groups in total. The van der Waals surface area contributed by atoms with Crippen molar-refractivity contribution in [2.45, 2.75) is 25.9 Å². The molecule has 0 heterocycles. The van der Waals surface area contributed by atoms with Gasteiger partial charge in [0.15, 0.2) is 0 Å². The summed E-state index contributed by atoms with van der Waals surface area (Å²) in [5.74, 6) is 0. The number of hydrogen-bond donors (Lipinski definition) is 0. The third kappa shape index (κ3) is 3.44. The van der Waals surface area contributed by atoms with Gasteiger partial charge >= 0.3 is 0 Å². The molecule has 0 fully saturated rings. The van der Waals surface area contributed by atoms with Gasteiger partial charge < -0.3 is 0 Å². The van der Waals surface area contributed by atoms with Gasteiger partial charge in [0.05, 0.1) is 0 Å². The average molecular weight is 441 g/mol. The Bertz CT molecular complexity index is 1300. The summed E-state index contributed by atoms with van der Waals surface area (Å²) in [7, 11) is -1.98. The Labute approximate surface area is 198 Å². The molecule has 0 spiro atoms. The molecule has 4 aromatic carbocycles. The molecule has 0 unspecified atom stereocenters. The molecule has 33 heavy (non-hydrogen) atoms. The van der Waals surface area contributed by atoms with E-state index in [0.717, 1.165) is 12.8 Å². The number of benzene rings is 4. The SMILES string of the molecule is C[Si](C)(c1cc(-c2ccccc2)cc2c1CC=C2)c1cc(-c2ccccc2)cc2c1CC=C2. The van der Waals surface area contributed by atoms with Crippen molar-refractivity contribution in [3.8, 4) is 22.3 Å². The molecule has 2 aliphatic rings. The van der Waals surface area contributed by atoms with Crippen LogP contribution >= 0.6 is 0 Å². The fourth-order valence-electron chi connectivity index (χ4n) is 5.60. The Kier molecular flexibility index (Phi) is 4.81. The summed E-state index contributed by atoms with van der Waals surface area (Å²) in [5, 5.41) is 3.17. The van der Waals surface area contributed by atoms with E-state index in [2.05, 4.69) is 122 Å². The highest BCUT2D eigenvalue weighted by molar-refractivity contribution is 7.01. The molecule has 160 valence electrons. The van der Waals surface area contributed by atoms with Crippen LogP contribution in [0.4, 0.5) is 0 Å². The first-order valence-electron chi connectivity index (χ1n) is 11.9. The molecule has 2 aliphatic carbocycles. The molecule has 0 amide bonds. The van der Waals surface area contributed by atoms with Crippen molar-refractivity contribution in [3.05, 3.63) is 119 Å². The third-order valence-electron chi connectivity index (χ3n) is 7.37. The topological polar surface area (TPSA) is 0 Å². The van der Waals surface area contributed by atoms with Crippen LogP contribution in [-0.2, 0) is 12.8 Å². The van der Waals surface area contributed by atoms with Gasteiger partial charge in [-0.1, -0.05) is 110 Å². The summed E-state index contributed by atoms with van der Waals surface area (Å²) in [6.45, 7) is 5.11. The molecule has 6 rings (SSSR count). The van der Waals surface area contributed by atoms with E-state index in [1.54, 1.807) is 10.4 Å². The molecule has 0 aromatic heterocycles. The van der Waals surface area contributed by atoms with E-state index in [-0.39, 0.29) is 0 Å². The fraction of sp³-hybridized carbons (Fsp3) is 0.125. The third-order valence-corrected chi connectivity index (χ3v) is 11.0. The van der Waals surface area contributed by atoms with E-state index in [1.807, 2.05) is 0 Å². The average Bonchev–Trinajstić information content (AvgIpc) is 3.53. The van der Waals surface area contributed by atoms with Crippen LogP contribution in [0.5, 0.6) is 0 Å². The zero-order chi connectivity index (χ0) is 22.4. The summed E-state index contributed by atoms with van der Waals surface area (Å²) in [6.07, 6.45) is 11.4. The van der Waals surface area contributed by atoms with Gasteiger partial charge in [0.2, 0.25) is 0 Å². The van der Waals surface area contributed by atoms with Gasteiger partial charge in [0, 0.05) is 0 Å². The van der Waals surface area contributed by atoms with Crippen molar-refractivity contribution in [1.29, 1.82) is 0 Å². The van der Waals surface area contributed by atoms with Gasteiger partial charge in [0.25, 0.3) is 0 Å². The molecule has 0 saturated heterocycles. The maximum absolute atomic E-state index is 2.55. The van der Waals surface area contributed by atoms with Gasteiger partial charge in [-0.3, -0.25) is 0 Å². The molecule has 4 aromatic rings. The van der Waals surface area contributed by atoms with Gasteiger partial charge in [-0.05, 0) is 79.9 Å². The second kappa shape index (κ2) is 7.86. The molecule has 0 bridgehead atoms. The second-order valence-corrected chi connectivity index (χ2v) is 14.1. The van der Waals surface area contributed by atoms with Crippen molar-refractivity contribution < 1.29 is 0 Å². The predicted octanol–water partition coefficient (Wildman–Crippen LogP) is 6.98. The van der Waals surface area contributed by atoms with Gasteiger partial charge in [-0.15, -0.1) is 0 Å². The minimum Gasteiger partial charge on any atom is -0.0795 e. The quantitative estimate of drug-likeness (QED) is 0.300. The van der Waals surface area contributed by atoms with Gasteiger partial charge in [-0.25, -0.2) is 0 Å². The number of hydrogen-bond acceptors (Lipinski definition) is 0. The summed E-state index contributed by atoms with van der Waals surface area (Å²) in [5.41, 5.74) is 11.2. The summed E-state index contributed by atoms with van der Waals surface area (Å²) < 4.78 is 0. The smallest absolute Gasteiger partial charge is 0.0795 e. The Morgan fingerprint density at radius 2 is 0.939 bits per heavy atom. The second-order valence-electron chi connectivity index (χ2n) is 9.75. The van der Waals surface area contributed by atoms with E-state index >= 15 is 0 Å². The largest absolute Gasteiger partial charge is 0.113 e. The molecule has 0 aliphatic heterocycles. The first-order chi connectivity index (χ1) is 16.1. The minimum absolute atomic E-state index is 1.05. The fourth-order valence-corrected chi connectivity index (χ4v) is 8.93. The molecule has 0 nitrogen and oxygen atoms in total. The standard InChI is InChI=1S/C32H28Si/c1-33(2,31-21-27(23-11-5-3-6-12-23)19-25-15-9-17-29(25)31)32-22-28(24-13-7-4-8-14-24)20-26-16-10-18-30(26)32/h3-16,19-22H,17-18H2,1-2H3. The molecule has 0 saturated carbocycles. The number of rotatable bonds is 4. The summed E-state index contributed by atoms with van der Waals surface area (Å²) >= 11 is 0. The summed E-state index contributed by atoms with van der Waals surface area (Å²) in [6, 6.07) is 31.5. The Morgan fingerprint density at radius 1 is 0.515 bits per heavy atom. The molecule has 0 radical (unpaired) electrons. The van der Waals surface area contributed by atoms with E-state index < -0.39 is 8.07 Å². The molecule has 1 heteroatoms. The van der Waals surface area contributed by atoms with E-state index in [4.69, 9.17) is 0 Å². The highest BCUT2D eigenvalue weighted by Gasteiger charge is 2.34. The zero-order valence-electron chi connectivity index (χ0n) is 19.3. The van der Waals surface area contributed by atoms with Crippen LogP contribution in [0.1, 0.15) is 22.3 Å². The first kappa shape index (κ1) is 20.2. The van der Waals surface area contributed by atoms with Crippen LogP contribution in [-0.4, -0.2) is 8.07 Å². The van der Waals surface area contributed by atoms with Crippen molar-refractivity contribution in [3.63, 3.8) is 0 Å². The number of allylic oxidation sites excluding steroid dienone is 2. The molecule has 0 atom stereocenters. The van der Waals surface area contributed by atoms with Crippen molar-refractivity contribution in [2.24, 2.45) is 0 Å². The highest BCUT2D eigenvalue weighted by atomic mass is 28.3. The Hall–Kier alpha value is -3.42. The van der Waals surface area contributed by atoms with Gasteiger partial charge in [-0.2, -0.15) is 0 Å². The van der Waals surface area contributed by atoms with Crippen LogP contribution in [0.25, 0.3) is 34.4 Å². The van der Waals surface area contributed by atoms with E-state index in [9.17, 15) is 0 Å². The number of fused-ring (bicyclic) bond motifs is 2. The van der Waals surface area contributed by atoms with Crippen molar-refractivity contribution in [2.75, 3.05) is 0 Å². The van der Waals surface area contributed by atoms with Crippen LogP contribution in [0, 0.1) is 0 Å². The Balaban J connectivity index is 1.56. The lowest BCUT2D eigenvalue weighted by molar-refractivity contribution is 1.31. The van der Waals surface area contributed by atoms with Crippen molar-refractivity contribution in [1.82, 2.24) is 0 Å². The lowest BCUT2D eigenvalue weighted by atomic mass is 10.00. The van der Waals surface area contributed by atoms with E-state index in [0.29, 0.717) is 0 Å². The van der Waals surface area contributed by atoms with Crippen molar-refractivity contribution >= 4 is 30.6 Å². The molecular weight excluding hydrogens is 412 g/mol. The lowest BCUT2D eigenvalue weighted by Gasteiger charge is -2.30. The maximum atomic E-state index is 2.55. The monoisotopic (exact) mass is 440 g/mol.